The van der Waals surface area contributed by atoms with Crippen LogP contribution in [0.4, 0.5) is 18.9 Å². The van der Waals surface area contributed by atoms with E-state index in [2.05, 4.69) is 44.0 Å². The van der Waals surface area contributed by atoms with E-state index in [4.69, 9.17) is 10.00 Å². The summed E-state index contributed by atoms with van der Waals surface area (Å²) in [7, 11) is 2.07. The molecule has 1 aliphatic rings. The Labute approximate surface area is 218 Å². The summed E-state index contributed by atoms with van der Waals surface area (Å²) in [6, 6.07) is 13.2. The molecule has 0 aliphatic carbocycles. The standard InChI is InChI=1S/C27H25F3N6O2/c1-35-9-11-36(12-10-35)13-14-38-23-7-6-21(26-32-18-24(34-26)27(28,29)30)16-22(23)33-25(37)8-5-19-3-2-4-20(15-19)17-31/h2-4,6-7,15-16,18H,9-14H2,1H3,(H,32,34)(H,33,37). The fraction of sp³-hybridized carbons (Fsp3) is 0.296. The molecule has 2 N–H and O–H groups in total. The Kier molecular flexibility index (Phi) is 8.31. The average Bonchev–Trinajstić information content (AvgIpc) is 3.41. The number of likely N-dealkylation sites (N-methyl/N-ethyl adjacent to an activating group) is 1. The average molecular weight is 523 g/mol. The minimum atomic E-state index is -4.56. The number of hydrogen-bond acceptors (Lipinski definition) is 6. The van der Waals surface area contributed by atoms with Crippen molar-refractivity contribution in [3.05, 3.63) is 65.5 Å². The second-order valence-corrected chi connectivity index (χ2v) is 8.74. The van der Waals surface area contributed by atoms with E-state index in [9.17, 15) is 18.0 Å². The van der Waals surface area contributed by atoms with Gasteiger partial charge in [0.2, 0.25) is 0 Å². The Balaban J connectivity index is 1.53. The van der Waals surface area contributed by atoms with Gasteiger partial charge in [0.05, 0.1) is 23.5 Å². The first-order valence-corrected chi connectivity index (χ1v) is 11.8. The van der Waals surface area contributed by atoms with Crippen molar-refractivity contribution in [3.63, 3.8) is 0 Å². The number of aromatic amines is 1. The summed E-state index contributed by atoms with van der Waals surface area (Å²) in [4.78, 5) is 23.3. The number of carbonyl (C=O) groups excluding carboxylic acids is 1. The lowest BCUT2D eigenvalue weighted by Crippen LogP contribution is -2.45. The lowest BCUT2D eigenvalue weighted by molar-refractivity contribution is -0.140. The molecule has 2 heterocycles. The number of nitriles is 1. The van der Waals surface area contributed by atoms with Gasteiger partial charge in [-0.2, -0.15) is 18.4 Å². The number of halogens is 3. The van der Waals surface area contributed by atoms with Gasteiger partial charge in [-0.3, -0.25) is 9.69 Å². The Hall–Kier alpha value is -4.32. The second-order valence-electron chi connectivity index (χ2n) is 8.74. The van der Waals surface area contributed by atoms with Gasteiger partial charge in [0.25, 0.3) is 0 Å². The van der Waals surface area contributed by atoms with Crippen molar-refractivity contribution in [3.8, 4) is 35.0 Å². The van der Waals surface area contributed by atoms with Gasteiger partial charge in [-0.1, -0.05) is 12.0 Å². The minimum Gasteiger partial charge on any atom is -0.490 e. The predicted molar refractivity (Wildman–Crippen MR) is 135 cm³/mol. The number of nitrogens with zero attached hydrogens (tertiary/aromatic N) is 4. The fourth-order valence-electron chi connectivity index (χ4n) is 3.82. The monoisotopic (exact) mass is 522 g/mol. The summed E-state index contributed by atoms with van der Waals surface area (Å²) in [5.74, 6) is 4.88. The number of anilines is 1. The SMILES string of the molecule is CN1CCN(CCOc2ccc(-c3ncc(C(F)(F)F)[nH]3)cc2NC(=O)C#Cc2cccc(C#N)c2)CC1. The van der Waals surface area contributed by atoms with E-state index in [0.29, 0.717) is 35.6 Å². The molecule has 1 amide bonds. The number of amides is 1. The van der Waals surface area contributed by atoms with Crippen molar-refractivity contribution in [1.82, 2.24) is 19.8 Å². The Morgan fingerprint density at radius 2 is 1.92 bits per heavy atom. The van der Waals surface area contributed by atoms with Gasteiger partial charge in [-0.05, 0) is 43.4 Å². The van der Waals surface area contributed by atoms with Gasteiger partial charge >= 0.3 is 12.1 Å². The van der Waals surface area contributed by atoms with Crippen LogP contribution in [0.2, 0.25) is 0 Å². The molecule has 4 rings (SSSR count). The predicted octanol–water partition coefficient (Wildman–Crippen LogP) is 3.58. The highest BCUT2D eigenvalue weighted by Crippen LogP contribution is 2.33. The van der Waals surface area contributed by atoms with Crippen molar-refractivity contribution in [2.45, 2.75) is 6.18 Å². The van der Waals surface area contributed by atoms with Crippen LogP contribution in [0.25, 0.3) is 11.4 Å². The third-order valence-corrected chi connectivity index (χ3v) is 5.96. The summed E-state index contributed by atoms with van der Waals surface area (Å²) in [6.07, 6.45) is -3.85. The van der Waals surface area contributed by atoms with E-state index in [1.54, 1.807) is 36.4 Å². The summed E-state index contributed by atoms with van der Waals surface area (Å²) in [5.41, 5.74) is 0.508. The van der Waals surface area contributed by atoms with Crippen LogP contribution in [0.3, 0.4) is 0 Å². The quantitative estimate of drug-likeness (QED) is 0.481. The van der Waals surface area contributed by atoms with Crippen molar-refractivity contribution in [2.75, 3.05) is 51.7 Å². The number of benzene rings is 2. The van der Waals surface area contributed by atoms with Crippen molar-refractivity contribution >= 4 is 11.6 Å². The van der Waals surface area contributed by atoms with Crippen LogP contribution in [-0.4, -0.2) is 72.1 Å². The smallest absolute Gasteiger partial charge is 0.432 e. The summed E-state index contributed by atoms with van der Waals surface area (Å²) in [6.45, 7) is 4.82. The summed E-state index contributed by atoms with van der Waals surface area (Å²) >= 11 is 0. The molecule has 11 heteroatoms. The van der Waals surface area contributed by atoms with Crippen LogP contribution >= 0.6 is 0 Å². The molecular weight excluding hydrogens is 497 g/mol. The van der Waals surface area contributed by atoms with Crippen molar-refractivity contribution in [2.24, 2.45) is 0 Å². The third kappa shape index (κ3) is 7.13. The van der Waals surface area contributed by atoms with Gasteiger partial charge in [0, 0.05) is 49.8 Å². The number of rotatable bonds is 6. The number of piperazine rings is 1. The molecule has 0 saturated carbocycles. The molecule has 0 radical (unpaired) electrons. The van der Waals surface area contributed by atoms with E-state index in [-0.39, 0.29) is 11.5 Å². The maximum absolute atomic E-state index is 13.0. The van der Waals surface area contributed by atoms with E-state index in [1.165, 1.54) is 6.07 Å². The largest absolute Gasteiger partial charge is 0.490 e. The number of imidazole rings is 1. The molecule has 3 aromatic rings. The number of nitrogens with one attached hydrogen (secondary N) is 2. The zero-order chi connectivity index (χ0) is 27.1. The first-order valence-electron chi connectivity index (χ1n) is 11.8. The second kappa shape index (κ2) is 11.8. The molecule has 1 aromatic heterocycles. The van der Waals surface area contributed by atoms with Crippen molar-refractivity contribution < 1.29 is 22.7 Å². The normalized spacial score (nSPS) is 14.3. The molecule has 1 aliphatic heterocycles. The Bertz CT molecular complexity index is 1390. The zero-order valence-electron chi connectivity index (χ0n) is 20.6. The summed E-state index contributed by atoms with van der Waals surface area (Å²) in [5, 5.41) is 11.7. The lowest BCUT2D eigenvalue weighted by atomic mass is 10.1. The number of carbonyl (C=O) groups is 1. The van der Waals surface area contributed by atoms with E-state index in [0.717, 1.165) is 32.4 Å². The molecule has 0 atom stereocenters. The van der Waals surface area contributed by atoms with E-state index < -0.39 is 17.8 Å². The Morgan fingerprint density at radius 1 is 1.16 bits per heavy atom. The van der Waals surface area contributed by atoms with Crippen LogP contribution in [0.1, 0.15) is 16.8 Å². The molecule has 2 aromatic carbocycles. The number of hydrogen-bond donors (Lipinski definition) is 2. The van der Waals surface area contributed by atoms with Gasteiger partial charge in [-0.15, -0.1) is 0 Å². The van der Waals surface area contributed by atoms with E-state index in [1.807, 2.05) is 6.07 Å². The Morgan fingerprint density at radius 3 is 2.63 bits per heavy atom. The van der Waals surface area contributed by atoms with Crippen LogP contribution in [0, 0.1) is 23.2 Å². The molecule has 8 nitrogen and oxygen atoms in total. The molecule has 38 heavy (non-hydrogen) atoms. The number of ether oxygens (including phenoxy) is 1. The van der Waals surface area contributed by atoms with Crippen LogP contribution in [0.15, 0.2) is 48.7 Å². The first kappa shape index (κ1) is 26.7. The topological polar surface area (TPSA) is 97.3 Å². The highest BCUT2D eigenvalue weighted by molar-refractivity contribution is 6.05. The molecule has 0 bridgehead atoms. The van der Waals surface area contributed by atoms with Gasteiger partial charge in [0.1, 0.15) is 23.9 Å². The zero-order valence-corrected chi connectivity index (χ0v) is 20.6. The molecule has 1 saturated heterocycles. The summed E-state index contributed by atoms with van der Waals surface area (Å²) < 4.78 is 45.0. The van der Waals surface area contributed by atoms with Crippen LogP contribution < -0.4 is 10.1 Å². The number of alkyl halides is 3. The molecule has 0 spiro atoms. The van der Waals surface area contributed by atoms with Crippen LogP contribution in [-0.2, 0) is 11.0 Å². The highest BCUT2D eigenvalue weighted by Gasteiger charge is 2.33. The number of H-pyrrole nitrogens is 1. The third-order valence-electron chi connectivity index (χ3n) is 5.96. The van der Waals surface area contributed by atoms with Gasteiger partial charge < -0.3 is 19.9 Å². The highest BCUT2D eigenvalue weighted by atomic mass is 19.4. The lowest BCUT2D eigenvalue weighted by Gasteiger charge is -2.32. The van der Waals surface area contributed by atoms with Crippen molar-refractivity contribution in [1.29, 1.82) is 5.26 Å². The van der Waals surface area contributed by atoms with Gasteiger partial charge in [0.15, 0.2) is 0 Å². The maximum Gasteiger partial charge on any atom is 0.432 e. The fourth-order valence-corrected chi connectivity index (χ4v) is 3.82. The van der Waals surface area contributed by atoms with Crippen LogP contribution in [0.5, 0.6) is 5.75 Å². The van der Waals surface area contributed by atoms with E-state index >= 15 is 0 Å². The van der Waals surface area contributed by atoms with Gasteiger partial charge in [-0.25, -0.2) is 4.98 Å². The number of aromatic nitrogens is 2. The minimum absolute atomic E-state index is 0.00351. The molecule has 0 unspecified atom stereocenters. The molecule has 196 valence electrons. The molecule has 1 fully saturated rings. The molecular formula is C27H25F3N6O2. The maximum atomic E-state index is 13.0. The first-order chi connectivity index (χ1) is 18.2.